The lowest BCUT2D eigenvalue weighted by Crippen LogP contribution is -2.26. The smallest absolute Gasteiger partial charge is 0.263 e. The van der Waals surface area contributed by atoms with Crippen LogP contribution in [0.15, 0.2) is 48.8 Å². The van der Waals surface area contributed by atoms with E-state index in [1.165, 1.54) is 11.3 Å². The molecule has 134 valence electrons. The highest BCUT2D eigenvalue weighted by atomic mass is 35.5. The van der Waals surface area contributed by atoms with Crippen LogP contribution in [-0.4, -0.2) is 15.9 Å². The average molecular weight is 388 g/mol. The molecule has 2 heterocycles. The second-order valence-electron chi connectivity index (χ2n) is 5.74. The van der Waals surface area contributed by atoms with Crippen molar-refractivity contribution in [1.29, 1.82) is 0 Å². The zero-order chi connectivity index (χ0) is 18.5. The number of thiazole rings is 1. The number of carbonyl (C=O) groups excluding carboxylic acids is 1. The van der Waals surface area contributed by atoms with Crippen molar-refractivity contribution in [3.8, 4) is 5.75 Å². The van der Waals surface area contributed by atoms with Crippen molar-refractivity contribution in [2.24, 2.45) is 0 Å². The Kier molecular flexibility index (Phi) is 5.85. The molecule has 1 unspecified atom stereocenters. The molecule has 0 aliphatic carbocycles. The van der Waals surface area contributed by atoms with Crippen LogP contribution in [-0.2, 0) is 6.61 Å². The first-order valence-corrected chi connectivity index (χ1v) is 9.28. The minimum atomic E-state index is -0.137. The molecule has 7 heteroatoms. The van der Waals surface area contributed by atoms with Gasteiger partial charge in [-0.1, -0.05) is 11.6 Å². The molecule has 0 fully saturated rings. The van der Waals surface area contributed by atoms with Gasteiger partial charge < -0.3 is 10.1 Å². The molecule has 0 saturated heterocycles. The Morgan fingerprint density at radius 3 is 2.62 bits per heavy atom. The largest absolute Gasteiger partial charge is 0.486 e. The van der Waals surface area contributed by atoms with Crippen LogP contribution < -0.4 is 10.1 Å². The summed E-state index contributed by atoms with van der Waals surface area (Å²) in [5.74, 6) is 0.571. The van der Waals surface area contributed by atoms with E-state index < -0.39 is 0 Å². The lowest BCUT2D eigenvalue weighted by atomic mass is 10.1. The minimum Gasteiger partial charge on any atom is -0.486 e. The molecule has 0 bridgehead atoms. The van der Waals surface area contributed by atoms with Gasteiger partial charge in [0.25, 0.3) is 5.91 Å². The van der Waals surface area contributed by atoms with Crippen molar-refractivity contribution in [1.82, 2.24) is 15.3 Å². The van der Waals surface area contributed by atoms with Gasteiger partial charge in [-0.2, -0.15) is 0 Å². The highest BCUT2D eigenvalue weighted by molar-refractivity contribution is 7.13. The highest BCUT2D eigenvalue weighted by Crippen LogP contribution is 2.22. The molecular weight excluding hydrogens is 370 g/mol. The fraction of sp³-hybridized carbons (Fsp3) is 0.211. The van der Waals surface area contributed by atoms with Crippen LogP contribution >= 0.6 is 22.9 Å². The Balaban J connectivity index is 1.63. The van der Waals surface area contributed by atoms with E-state index in [2.05, 4.69) is 15.3 Å². The van der Waals surface area contributed by atoms with Gasteiger partial charge in [-0.05, 0) is 55.8 Å². The third-order valence-corrected chi connectivity index (χ3v) is 5.16. The molecule has 0 aliphatic heterocycles. The van der Waals surface area contributed by atoms with Gasteiger partial charge in [-0.15, -0.1) is 11.3 Å². The number of nitrogens with zero attached hydrogens (tertiary/aromatic N) is 2. The number of pyridine rings is 1. The first-order valence-electron chi connectivity index (χ1n) is 8.08. The van der Waals surface area contributed by atoms with Crippen LogP contribution in [0.3, 0.4) is 0 Å². The SMILES string of the molecule is Cc1nc(COc2ccc(Cl)cc2)sc1C(=O)NC(C)c1ccncc1. The number of ether oxygens (including phenoxy) is 1. The number of nitrogens with one attached hydrogen (secondary N) is 1. The van der Waals surface area contributed by atoms with Gasteiger partial charge in [0.2, 0.25) is 0 Å². The monoisotopic (exact) mass is 387 g/mol. The number of amides is 1. The summed E-state index contributed by atoms with van der Waals surface area (Å²) in [5, 5.41) is 4.40. The molecule has 26 heavy (non-hydrogen) atoms. The second kappa shape index (κ2) is 8.29. The molecule has 1 atom stereocenters. The molecule has 1 amide bonds. The number of benzene rings is 1. The fourth-order valence-electron chi connectivity index (χ4n) is 2.40. The Morgan fingerprint density at radius 2 is 1.92 bits per heavy atom. The summed E-state index contributed by atoms with van der Waals surface area (Å²) < 4.78 is 5.70. The topological polar surface area (TPSA) is 64.1 Å². The van der Waals surface area contributed by atoms with Crippen LogP contribution in [0.4, 0.5) is 0 Å². The number of carbonyl (C=O) groups is 1. The maximum Gasteiger partial charge on any atom is 0.263 e. The van der Waals surface area contributed by atoms with E-state index >= 15 is 0 Å². The number of aryl methyl sites for hydroxylation is 1. The van der Waals surface area contributed by atoms with Crippen molar-refractivity contribution in [2.75, 3.05) is 0 Å². The van der Waals surface area contributed by atoms with Gasteiger partial charge in [0.1, 0.15) is 22.2 Å². The number of aromatic nitrogens is 2. The van der Waals surface area contributed by atoms with E-state index in [4.69, 9.17) is 16.3 Å². The third kappa shape index (κ3) is 4.59. The first kappa shape index (κ1) is 18.4. The summed E-state index contributed by atoms with van der Waals surface area (Å²) in [6.45, 7) is 4.07. The van der Waals surface area contributed by atoms with E-state index in [1.54, 1.807) is 36.7 Å². The van der Waals surface area contributed by atoms with Crippen LogP contribution in [0, 0.1) is 6.92 Å². The van der Waals surface area contributed by atoms with Crippen molar-refractivity contribution in [3.05, 3.63) is 75.0 Å². The van der Waals surface area contributed by atoms with Crippen molar-refractivity contribution >= 4 is 28.8 Å². The summed E-state index contributed by atoms with van der Waals surface area (Å²) in [7, 11) is 0. The number of rotatable bonds is 6. The maximum absolute atomic E-state index is 12.6. The van der Waals surface area contributed by atoms with Crippen LogP contribution in [0.25, 0.3) is 0 Å². The van der Waals surface area contributed by atoms with Gasteiger partial charge in [-0.25, -0.2) is 4.98 Å². The Morgan fingerprint density at radius 1 is 1.23 bits per heavy atom. The molecule has 1 N–H and O–H groups in total. The summed E-state index contributed by atoms with van der Waals surface area (Å²) in [4.78, 5) is 21.6. The zero-order valence-electron chi connectivity index (χ0n) is 14.4. The van der Waals surface area contributed by atoms with Crippen LogP contribution in [0.2, 0.25) is 5.02 Å². The number of halogens is 1. The van der Waals surface area contributed by atoms with E-state index in [1.807, 2.05) is 26.0 Å². The van der Waals surface area contributed by atoms with Gasteiger partial charge in [-0.3, -0.25) is 9.78 Å². The molecule has 0 saturated carbocycles. The van der Waals surface area contributed by atoms with Gasteiger partial charge in [0.15, 0.2) is 0 Å². The zero-order valence-corrected chi connectivity index (χ0v) is 16.0. The lowest BCUT2D eigenvalue weighted by molar-refractivity contribution is 0.0943. The van der Waals surface area contributed by atoms with E-state index in [-0.39, 0.29) is 11.9 Å². The summed E-state index contributed by atoms with van der Waals surface area (Å²) in [6.07, 6.45) is 3.42. The maximum atomic E-state index is 12.6. The number of hydrogen-bond acceptors (Lipinski definition) is 5. The third-order valence-electron chi connectivity index (χ3n) is 3.78. The van der Waals surface area contributed by atoms with Crippen LogP contribution in [0.5, 0.6) is 5.75 Å². The molecule has 3 rings (SSSR count). The standard InChI is InChI=1S/C19H18ClN3O2S/c1-12(14-7-9-21-10-8-14)23-19(24)18-13(2)22-17(26-18)11-25-16-5-3-15(20)4-6-16/h3-10,12H,11H2,1-2H3,(H,23,24). The molecule has 0 radical (unpaired) electrons. The Labute approximate surface area is 161 Å². The van der Waals surface area contributed by atoms with Crippen molar-refractivity contribution in [3.63, 3.8) is 0 Å². The Hall–Kier alpha value is -2.44. The molecule has 0 spiro atoms. The van der Waals surface area contributed by atoms with Crippen molar-refractivity contribution < 1.29 is 9.53 Å². The van der Waals surface area contributed by atoms with Gasteiger partial charge in [0, 0.05) is 17.4 Å². The molecule has 2 aromatic heterocycles. The predicted molar refractivity (Wildman–Crippen MR) is 103 cm³/mol. The number of hydrogen-bond donors (Lipinski definition) is 1. The summed E-state index contributed by atoms with van der Waals surface area (Å²) in [5.41, 5.74) is 1.70. The first-order chi connectivity index (χ1) is 12.5. The quantitative estimate of drug-likeness (QED) is 0.672. The normalized spacial score (nSPS) is 11.8. The van der Waals surface area contributed by atoms with Crippen LogP contribution in [0.1, 0.15) is 38.9 Å². The molecule has 1 aromatic carbocycles. The van der Waals surface area contributed by atoms with E-state index in [9.17, 15) is 4.79 Å². The average Bonchev–Trinajstić information content (AvgIpc) is 3.03. The van der Waals surface area contributed by atoms with E-state index in [0.29, 0.717) is 28.0 Å². The second-order valence-corrected chi connectivity index (χ2v) is 7.26. The molecule has 5 nitrogen and oxygen atoms in total. The molecular formula is C19H18ClN3O2S. The molecule has 3 aromatic rings. The van der Waals surface area contributed by atoms with Crippen molar-refractivity contribution in [2.45, 2.75) is 26.5 Å². The Bertz CT molecular complexity index is 882. The van der Waals surface area contributed by atoms with E-state index in [0.717, 1.165) is 10.6 Å². The lowest BCUT2D eigenvalue weighted by Gasteiger charge is -2.13. The summed E-state index contributed by atoms with van der Waals surface area (Å²) >= 11 is 7.20. The highest BCUT2D eigenvalue weighted by Gasteiger charge is 2.18. The van der Waals surface area contributed by atoms with Gasteiger partial charge in [0.05, 0.1) is 11.7 Å². The fourth-order valence-corrected chi connectivity index (χ4v) is 3.41. The van der Waals surface area contributed by atoms with Gasteiger partial charge >= 0.3 is 0 Å². The minimum absolute atomic E-state index is 0.110. The summed E-state index contributed by atoms with van der Waals surface area (Å²) in [6, 6.07) is 10.8. The predicted octanol–water partition coefficient (Wildman–Crippen LogP) is 4.57. The molecule has 0 aliphatic rings.